The van der Waals surface area contributed by atoms with Crippen LogP contribution in [0.3, 0.4) is 0 Å². The number of hydrogen-bond donors (Lipinski definition) is 2. The third kappa shape index (κ3) is 1.91. The van der Waals surface area contributed by atoms with E-state index in [0.717, 1.165) is 12.8 Å². The van der Waals surface area contributed by atoms with Gasteiger partial charge in [0.2, 0.25) is 5.65 Å². The average Bonchev–Trinajstić information content (AvgIpc) is 2.89. The van der Waals surface area contributed by atoms with E-state index in [2.05, 4.69) is 20.5 Å². The molecule has 0 atom stereocenters. The Morgan fingerprint density at radius 3 is 3.06 bits per heavy atom. The first kappa shape index (κ1) is 11.4. The Kier molecular flexibility index (Phi) is 2.85. The molecule has 0 aromatic carbocycles. The van der Waals surface area contributed by atoms with E-state index in [1.54, 1.807) is 23.1 Å². The lowest BCUT2D eigenvalue weighted by molar-refractivity contribution is 0.0379. The molecule has 0 bridgehead atoms. The first-order chi connectivity index (χ1) is 8.83. The van der Waals surface area contributed by atoms with E-state index in [4.69, 9.17) is 4.74 Å². The van der Waals surface area contributed by atoms with Crippen LogP contribution in [-0.4, -0.2) is 50.0 Å². The standard InChI is InChI=1S/C11H15N5O2/c17-7-11(1-5-18-6-2-11)14-9-10-15-13-8-16(10)4-3-12-9/h3-4,8,17H,1-2,5-7H2,(H,12,14). The van der Waals surface area contributed by atoms with E-state index in [0.29, 0.717) is 24.7 Å². The minimum atomic E-state index is -0.376. The second kappa shape index (κ2) is 4.51. The lowest BCUT2D eigenvalue weighted by Crippen LogP contribution is -2.47. The second-order valence-electron chi connectivity index (χ2n) is 4.51. The minimum Gasteiger partial charge on any atom is -0.394 e. The Morgan fingerprint density at radius 1 is 1.44 bits per heavy atom. The number of hydrogen-bond acceptors (Lipinski definition) is 6. The van der Waals surface area contributed by atoms with E-state index < -0.39 is 0 Å². The van der Waals surface area contributed by atoms with Crippen molar-refractivity contribution in [2.45, 2.75) is 18.4 Å². The highest BCUT2D eigenvalue weighted by atomic mass is 16.5. The molecule has 96 valence electrons. The van der Waals surface area contributed by atoms with Crippen molar-refractivity contribution < 1.29 is 9.84 Å². The first-order valence-electron chi connectivity index (χ1n) is 5.94. The highest BCUT2D eigenvalue weighted by Gasteiger charge is 2.32. The largest absolute Gasteiger partial charge is 0.394 e. The van der Waals surface area contributed by atoms with Crippen LogP contribution in [0.15, 0.2) is 18.7 Å². The Bertz CT molecular complexity index is 535. The summed E-state index contributed by atoms with van der Waals surface area (Å²) in [6, 6.07) is 0. The van der Waals surface area contributed by atoms with Gasteiger partial charge in [-0.05, 0) is 12.8 Å². The third-order valence-electron chi connectivity index (χ3n) is 3.35. The maximum absolute atomic E-state index is 9.64. The van der Waals surface area contributed by atoms with Gasteiger partial charge in [-0.3, -0.25) is 4.40 Å². The molecule has 1 fully saturated rings. The smallest absolute Gasteiger partial charge is 0.203 e. The van der Waals surface area contributed by atoms with Crippen molar-refractivity contribution in [1.82, 2.24) is 19.6 Å². The number of nitrogens with zero attached hydrogens (tertiary/aromatic N) is 4. The van der Waals surface area contributed by atoms with Gasteiger partial charge in [-0.1, -0.05) is 0 Å². The Morgan fingerprint density at radius 2 is 2.28 bits per heavy atom. The van der Waals surface area contributed by atoms with Gasteiger partial charge >= 0.3 is 0 Å². The summed E-state index contributed by atoms with van der Waals surface area (Å²) in [6.07, 6.45) is 6.59. The summed E-state index contributed by atoms with van der Waals surface area (Å²) in [5.74, 6) is 0.644. The zero-order valence-corrected chi connectivity index (χ0v) is 9.91. The molecule has 2 aromatic heterocycles. The molecule has 1 aliphatic heterocycles. The molecule has 18 heavy (non-hydrogen) atoms. The van der Waals surface area contributed by atoms with Gasteiger partial charge in [-0.2, -0.15) is 0 Å². The van der Waals surface area contributed by atoms with Crippen LogP contribution in [0.5, 0.6) is 0 Å². The van der Waals surface area contributed by atoms with E-state index >= 15 is 0 Å². The van der Waals surface area contributed by atoms with Crippen molar-refractivity contribution in [3.63, 3.8) is 0 Å². The zero-order valence-electron chi connectivity index (χ0n) is 9.91. The molecule has 0 amide bonds. The molecule has 0 unspecified atom stereocenters. The summed E-state index contributed by atoms with van der Waals surface area (Å²) in [7, 11) is 0. The van der Waals surface area contributed by atoms with Crippen molar-refractivity contribution >= 4 is 11.5 Å². The first-order valence-corrected chi connectivity index (χ1v) is 5.94. The number of ether oxygens (including phenoxy) is 1. The molecule has 0 spiro atoms. The quantitative estimate of drug-likeness (QED) is 0.801. The number of aliphatic hydroxyl groups excluding tert-OH is 1. The molecule has 3 rings (SSSR count). The molecule has 0 aliphatic carbocycles. The Hall–Kier alpha value is -1.73. The SMILES string of the molecule is OCC1(Nc2nccn3cnnc23)CCOCC1. The second-order valence-corrected chi connectivity index (χ2v) is 4.51. The molecule has 2 N–H and O–H groups in total. The normalized spacial score (nSPS) is 18.9. The van der Waals surface area contributed by atoms with Crippen LogP contribution in [0.25, 0.3) is 5.65 Å². The predicted molar refractivity (Wildman–Crippen MR) is 64.3 cm³/mol. The molecular formula is C11H15N5O2. The van der Waals surface area contributed by atoms with Crippen LogP contribution in [0.2, 0.25) is 0 Å². The molecule has 7 nitrogen and oxygen atoms in total. The van der Waals surface area contributed by atoms with Crippen molar-refractivity contribution in [3.05, 3.63) is 18.7 Å². The van der Waals surface area contributed by atoms with Gasteiger partial charge in [-0.25, -0.2) is 4.98 Å². The van der Waals surface area contributed by atoms with Crippen LogP contribution in [0.1, 0.15) is 12.8 Å². The van der Waals surface area contributed by atoms with E-state index in [-0.39, 0.29) is 12.1 Å². The van der Waals surface area contributed by atoms with Gasteiger partial charge in [0.25, 0.3) is 0 Å². The number of aliphatic hydroxyl groups is 1. The Labute approximate surface area is 104 Å². The third-order valence-corrected chi connectivity index (χ3v) is 3.35. The molecule has 3 heterocycles. The van der Waals surface area contributed by atoms with Crippen molar-refractivity contribution in [2.75, 3.05) is 25.1 Å². The summed E-state index contributed by atoms with van der Waals surface area (Å²) >= 11 is 0. The Balaban J connectivity index is 1.92. The molecule has 0 radical (unpaired) electrons. The lowest BCUT2D eigenvalue weighted by Gasteiger charge is -2.36. The fourth-order valence-electron chi connectivity index (χ4n) is 2.18. The molecule has 1 saturated heterocycles. The van der Waals surface area contributed by atoms with Gasteiger partial charge in [0, 0.05) is 25.6 Å². The van der Waals surface area contributed by atoms with Crippen molar-refractivity contribution in [1.29, 1.82) is 0 Å². The van der Waals surface area contributed by atoms with Crippen molar-refractivity contribution in [2.24, 2.45) is 0 Å². The lowest BCUT2D eigenvalue weighted by atomic mass is 9.91. The fourth-order valence-corrected chi connectivity index (χ4v) is 2.18. The fraction of sp³-hybridized carbons (Fsp3) is 0.545. The monoisotopic (exact) mass is 249 g/mol. The summed E-state index contributed by atoms with van der Waals surface area (Å²) in [6.45, 7) is 1.33. The van der Waals surface area contributed by atoms with Gasteiger partial charge in [0.05, 0.1) is 12.1 Å². The van der Waals surface area contributed by atoms with Crippen LogP contribution in [0.4, 0.5) is 5.82 Å². The summed E-state index contributed by atoms with van der Waals surface area (Å²) in [5, 5.41) is 20.8. The van der Waals surface area contributed by atoms with Crippen LogP contribution < -0.4 is 5.32 Å². The summed E-state index contributed by atoms with van der Waals surface area (Å²) in [5.41, 5.74) is 0.288. The van der Waals surface area contributed by atoms with Gasteiger partial charge < -0.3 is 15.2 Å². The summed E-state index contributed by atoms with van der Waals surface area (Å²) in [4.78, 5) is 4.28. The summed E-state index contributed by atoms with van der Waals surface area (Å²) < 4.78 is 7.12. The van der Waals surface area contributed by atoms with Crippen LogP contribution >= 0.6 is 0 Å². The van der Waals surface area contributed by atoms with Crippen LogP contribution in [0, 0.1) is 0 Å². The number of nitrogens with one attached hydrogen (secondary N) is 1. The predicted octanol–water partition coefficient (Wildman–Crippen LogP) is 0.0777. The van der Waals surface area contributed by atoms with Crippen molar-refractivity contribution in [3.8, 4) is 0 Å². The number of rotatable bonds is 3. The van der Waals surface area contributed by atoms with Gasteiger partial charge in [0.15, 0.2) is 5.82 Å². The highest BCUT2D eigenvalue weighted by Crippen LogP contribution is 2.25. The number of fused-ring (bicyclic) bond motifs is 1. The zero-order chi connectivity index (χ0) is 12.4. The maximum Gasteiger partial charge on any atom is 0.203 e. The van der Waals surface area contributed by atoms with Gasteiger partial charge in [0.1, 0.15) is 6.33 Å². The van der Waals surface area contributed by atoms with E-state index in [1.165, 1.54) is 0 Å². The highest BCUT2D eigenvalue weighted by molar-refractivity contribution is 5.62. The molecule has 7 heteroatoms. The van der Waals surface area contributed by atoms with E-state index in [9.17, 15) is 5.11 Å². The number of aromatic nitrogens is 4. The minimum absolute atomic E-state index is 0.0488. The van der Waals surface area contributed by atoms with Gasteiger partial charge in [-0.15, -0.1) is 10.2 Å². The molecule has 2 aromatic rings. The topological polar surface area (TPSA) is 84.6 Å². The molecule has 0 saturated carbocycles. The van der Waals surface area contributed by atoms with Crippen LogP contribution in [-0.2, 0) is 4.74 Å². The molecular weight excluding hydrogens is 234 g/mol. The molecule has 1 aliphatic rings. The maximum atomic E-state index is 9.64. The average molecular weight is 249 g/mol. The number of anilines is 1. The van der Waals surface area contributed by atoms with E-state index in [1.807, 2.05) is 0 Å².